The number of carbonyl (C=O) groups is 1. The Morgan fingerprint density at radius 3 is 2.73 bits per heavy atom. The van der Waals surface area contributed by atoms with Crippen molar-refractivity contribution in [2.45, 2.75) is 32.9 Å². The van der Waals surface area contributed by atoms with Crippen LogP contribution in [0.2, 0.25) is 0 Å². The fraction of sp³-hybridized carbons (Fsp3) is 0.600. The van der Waals surface area contributed by atoms with Crippen molar-refractivity contribution in [2.75, 3.05) is 5.88 Å². The summed E-state index contributed by atoms with van der Waals surface area (Å²) >= 11 is 5.36. The SMILES string of the molecule is CC(C)(C)n1cc(CNC(=O)CCl)cn1. The van der Waals surface area contributed by atoms with Gasteiger partial charge in [0.2, 0.25) is 5.91 Å². The molecular formula is C10H16ClN3O. The van der Waals surface area contributed by atoms with Crippen molar-refractivity contribution < 1.29 is 4.79 Å². The Balaban J connectivity index is 2.58. The smallest absolute Gasteiger partial charge is 0.235 e. The van der Waals surface area contributed by atoms with Gasteiger partial charge >= 0.3 is 0 Å². The van der Waals surface area contributed by atoms with Gasteiger partial charge in [-0.1, -0.05) is 0 Å². The minimum Gasteiger partial charge on any atom is -0.351 e. The van der Waals surface area contributed by atoms with Gasteiger partial charge in [-0.25, -0.2) is 0 Å². The van der Waals surface area contributed by atoms with Gasteiger partial charge < -0.3 is 5.32 Å². The predicted octanol–water partition coefficient (Wildman–Crippen LogP) is 1.49. The fourth-order valence-electron chi connectivity index (χ4n) is 1.07. The van der Waals surface area contributed by atoms with E-state index in [-0.39, 0.29) is 17.3 Å². The van der Waals surface area contributed by atoms with Crippen molar-refractivity contribution >= 4 is 17.5 Å². The zero-order valence-electron chi connectivity index (χ0n) is 9.25. The largest absolute Gasteiger partial charge is 0.351 e. The number of hydrogen-bond acceptors (Lipinski definition) is 2. The summed E-state index contributed by atoms with van der Waals surface area (Å²) in [5.74, 6) is -0.173. The molecule has 4 nitrogen and oxygen atoms in total. The molecule has 0 aliphatic rings. The number of nitrogens with zero attached hydrogens (tertiary/aromatic N) is 2. The predicted molar refractivity (Wildman–Crippen MR) is 59.8 cm³/mol. The van der Waals surface area contributed by atoms with Crippen LogP contribution >= 0.6 is 11.6 Å². The molecule has 0 aliphatic heterocycles. The molecule has 0 fully saturated rings. The molecule has 5 heteroatoms. The van der Waals surface area contributed by atoms with Crippen LogP contribution in [0.1, 0.15) is 26.3 Å². The van der Waals surface area contributed by atoms with Crippen molar-refractivity contribution in [1.29, 1.82) is 0 Å². The van der Waals surface area contributed by atoms with Crippen LogP contribution < -0.4 is 5.32 Å². The number of alkyl halides is 1. The highest BCUT2D eigenvalue weighted by molar-refractivity contribution is 6.27. The first-order valence-electron chi connectivity index (χ1n) is 4.80. The van der Waals surface area contributed by atoms with E-state index in [2.05, 4.69) is 31.2 Å². The van der Waals surface area contributed by atoms with Crippen LogP contribution in [0.15, 0.2) is 12.4 Å². The Labute approximate surface area is 94.6 Å². The summed E-state index contributed by atoms with van der Waals surface area (Å²) < 4.78 is 1.87. The van der Waals surface area contributed by atoms with Crippen LogP contribution in [0.4, 0.5) is 0 Å². The zero-order chi connectivity index (χ0) is 11.5. The molecule has 0 aliphatic carbocycles. The van der Waals surface area contributed by atoms with Gasteiger partial charge in [-0.15, -0.1) is 11.6 Å². The maximum atomic E-state index is 10.9. The average Bonchev–Trinajstić information content (AvgIpc) is 2.61. The van der Waals surface area contributed by atoms with Gasteiger partial charge in [0.05, 0.1) is 11.7 Å². The van der Waals surface area contributed by atoms with Crippen LogP contribution in [0.5, 0.6) is 0 Å². The molecule has 0 saturated carbocycles. The monoisotopic (exact) mass is 229 g/mol. The maximum Gasteiger partial charge on any atom is 0.235 e. The number of hydrogen-bond donors (Lipinski definition) is 1. The lowest BCUT2D eigenvalue weighted by Gasteiger charge is -2.18. The van der Waals surface area contributed by atoms with E-state index in [0.717, 1.165) is 5.56 Å². The summed E-state index contributed by atoms with van der Waals surface area (Å²) in [6.07, 6.45) is 3.67. The number of aromatic nitrogens is 2. The van der Waals surface area contributed by atoms with Gasteiger partial charge in [-0.2, -0.15) is 5.10 Å². The Kier molecular flexibility index (Phi) is 3.74. The lowest BCUT2D eigenvalue weighted by Crippen LogP contribution is -2.24. The third-order valence-corrected chi connectivity index (χ3v) is 2.18. The molecule has 0 radical (unpaired) electrons. The molecule has 0 aromatic carbocycles. The second-order valence-electron chi connectivity index (χ2n) is 4.37. The molecule has 0 unspecified atom stereocenters. The highest BCUT2D eigenvalue weighted by Gasteiger charge is 2.13. The van der Waals surface area contributed by atoms with Crippen molar-refractivity contribution in [3.05, 3.63) is 18.0 Å². The van der Waals surface area contributed by atoms with E-state index in [1.54, 1.807) is 6.20 Å². The average molecular weight is 230 g/mol. The van der Waals surface area contributed by atoms with E-state index in [1.807, 2.05) is 10.9 Å². The molecule has 1 aromatic heterocycles. The molecule has 1 rings (SSSR count). The molecule has 0 saturated heterocycles. The number of carbonyl (C=O) groups excluding carboxylic acids is 1. The number of nitrogens with one attached hydrogen (secondary N) is 1. The van der Waals surface area contributed by atoms with Crippen LogP contribution in [0.3, 0.4) is 0 Å². The van der Waals surface area contributed by atoms with Crippen molar-refractivity contribution in [3.63, 3.8) is 0 Å². The third-order valence-electron chi connectivity index (χ3n) is 1.93. The standard InChI is InChI=1S/C10H16ClN3O/c1-10(2,3)14-7-8(6-13-14)5-12-9(15)4-11/h6-7H,4-5H2,1-3H3,(H,12,15). The van der Waals surface area contributed by atoms with E-state index in [4.69, 9.17) is 11.6 Å². The maximum absolute atomic E-state index is 10.9. The highest BCUT2D eigenvalue weighted by Crippen LogP contribution is 2.12. The lowest BCUT2D eigenvalue weighted by atomic mass is 10.1. The Morgan fingerprint density at radius 2 is 2.27 bits per heavy atom. The number of amides is 1. The molecular weight excluding hydrogens is 214 g/mol. The van der Waals surface area contributed by atoms with E-state index >= 15 is 0 Å². The molecule has 15 heavy (non-hydrogen) atoms. The first-order valence-corrected chi connectivity index (χ1v) is 5.33. The molecule has 1 aromatic rings. The van der Waals surface area contributed by atoms with Crippen LogP contribution in [-0.2, 0) is 16.9 Å². The van der Waals surface area contributed by atoms with E-state index in [9.17, 15) is 4.79 Å². The van der Waals surface area contributed by atoms with Crippen molar-refractivity contribution in [3.8, 4) is 0 Å². The molecule has 84 valence electrons. The summed E-state index contributed by atoms with van der Waals surface area (Å²) in [6, 6.07) is 0. The number of halogens is 1. The molecule has 0 spiro atoms. The van der Waals surface area contributed by atoms with Crippen molar-refractivity contribution in [2.24, 2.45) is 0 Å². The molecule has 1 N–H and O–H groups in total. The van der Waals surface area contributed by atoms with E-state index in [1.165, 1.54) is 0 Å². The molecule has 0 bridgehead atoms. The molecule has 0 atom stereocenters. The van der Waals surface area contributed by atoms with Crippen LogP contribution in [0.25, 0.3) is 0 Å². The van der Waals surface area contributed by atoms with E-state index in [0.29, 0.717) is 6.54 Å². The zero-order valence-corrected chi connectivity index (χ0v) is 10.0. The minimum atomic E-state index is -0.167. The van der Waals surface area contributed by atoms with Gasteiger partial charge in [0.15, 0.2) is 0 Å². The molecule has 1 amide bonds. The van der Waals surface area contributed by atoms with Gasteiger partial charge in [-0.05, 0) is 20.8 Å². The summed E-state index contributed by atoms with van der Waals surface area (Å²) in [6.45, 7) is 6.69. The second-order valence-corrected chi connectivity index (χ2v) is 4.64. The Bertz CT molecular complexity index is 341. The highest BCUT2D eigenvalue weighted by atomic mass is 35.5. The van der Waals surface area contributed by atoms with Crippen LogP contribution in [0, 0.1) is 0 Å². The topological polar surface area (TPSA) is 46.9 Å². The van der Waals surface area contributed by atoms with Crippen molar-refractivity contribution in [1.82, 2.24) is 15.1 Å². The number of rotatable bonds is 3. The summed E-state index contributed by atoms with van der Waals surface area (Å²) in [5, 5.41) is 6.91. The first kappa shape index (κ1) is 12.0. The summed E-state index contributed by atoms with van der Waals surface area (Å²) in [4.78, 5) is 10.9. The van der Waals surface area contributed by atoms with E-state index < -0.39 is 0 Å². The molecule has 1 heterocycles. The minimum absolute atomic E-state index is 0.00654. The quantitative estimate of drug-likeness (QED) is 0.799. The second kappa shape index (κ2) is 4.66. The lowest BCUT2D eigenvalue weighted by molar-refractivity contribution is -0.118. The Hall–Kier alpha value is -1.03. The van der Waals surface area contributed by atoms with Gasteiger partial charge in [0, 0.05) is 18.3 Å². The Morgan fingerprint density at radius 1 is 1.60 bits per heavy atom. The van der Waals surface area contributed by atoms with Gasteiger partial charge in [-0.3, -0.25) is 9.48 Å². The van der Waals surface area contributed by atoms with Gasteiger partial charge in [0.25, 0.3) is 0 Å². The normalized spacial score (nSPS) is 11.5. The summed E-state index contributed by atoms with van der Waals surface area (Å²) in [7, 11) is 0. The van der Waals surface area contributed by atoms with Gasteiger partial charge in [0.1, 0.15) is 5.88 Å². The third kappa shape index (κ3) is 3.55. The summed E-state index contributed by atoms with van der Waals surface area (Å²) in [5.41, 5.74) is 0.942. The van der Waals surface area contributed by atoms with Crippen LogP contribution in [-0.4, -0.2) is 21.6 Å². The first-order chi connectivity index (χ1) is 6.93. The fourth-order valence-corrected chi connectivity index (χ4v) is 1.16.